The van der Waals surface area contributed by atoms with Crippen molar-refractivity contribution < 1.29 is 13.9 Å². The van der Waals surface area contributed by atoms with Gasteiger partial charge in [-0.25, -0.2) is 4.98 Å². The van der Waals surface area contributed by atoms with E-state index in [-0.39, 0.29) is 11.5 Å². The van der Waals surface area contributed by atoms with Crippen LogP contribution in [0, 0.1) is 13.8 Å². The topological polar surface area (TPSA) is 67.9 Å². The van der Waals surface area contributed by atoms with Crippen LogP contribution in [0.25, 0.3) is 5.57 Å². The maximum absolute atomic E-state index is 12.6. The predicted octanol–water partition coefficient (Wildman–Crippen LogP) is 4.17. The van der Waals surface area contributed by atoms with E-state index >= 15 is 0 Å². The summed E-state index contributed by atoms with van der Waals surface area (Å²) in [6.07, 6.45) is 1.80. The van der Waals surface area contributed by atoms with Crippen molar-refractivity contribution in [3.63, 3.8) is 0 Å². The molecule has 5 rings (SSSR count). The quantitative estimate of drug-likeness (QED) is 0.659. The van der Waals surface area contributed by atoms with E-state index < -0.39 is 0 Å². The number of ether oxygens (including phenoxy) is 1. The van der Waals surface area contributed by atoms with Crippen LogP contribution >= 0.6 is 11.8 Å². The minimum absolute atomic E-state index is 0.190. The van der Waals surface area contributed by atoms with Gasteiger partial charge in [-0.1, -0.05) is 24.3 Å². The number of aromatic nitrogens is 1. The molecule has 0 atom stereocenters. The number of rotatable bonds is 1. The number of carbonyl (C=O) groups excluding carboxylic acids is 1. The molecule has 150 valence electrons. The molecule has 6 nitrogen and oxygen atoms in total. The highest BCUT2D eigenvalue weighted by Gasteiger charge is 2.43. The normalized spacial score (nSPS) is 22.2. The van der Waals surface area contributed by atoms with Crippen molar-refractivity contribution in [3.05, 3.63) is 57.6 Å². The lowest BCUT2D eigenvalue weighted by Crippen LogP contribution is -2.44. The molecule has 3 aliphatic heterocycles. The molecule has 0 aliphatic carbocycles. The number of carbonyl (C=O) groups is 1. The summed E-state index contributed by atoms with van der Waals surface area (Å²) in [5, 5.41) is 0.777. The highest BCUT2D eigenvalue weighted by Crippen LogP contribution is 2.45. The zero-order chi connectivity index (χ0) is 20.2. The summed E-state index contributed by atoms with van der Waals surface area (Å²) < 4.78 is 11.9. The van der Waals surface area contributed by atoms with Crippen LogP contribution in [0.4, 0.5) is 0 Å². The first kappa shape index (κ1) is 18.6. The SMILES string of the molecule is C/C(=C1/SC(N2CCC3(CC2)OCc2ccccc23)=NC1=O)c1oc(C)nc1C. The van der Waals surface area contributed by atoms with E-state index in [4.69, 9.17) is 9.15 Å². The van der Waals surface area contributed by atoms with E-state index in [1.54, 1.807) is 0 Å². The van der Waals surface area contributed by atoms with Crippen LogP contribution in [0.3, 0.4) is 0 Å². The summed E-state index contributed by atoms with van der Waals surface area (Å²) in [6.45, 7) is 7.94. The second-order valence-electron chi connectivity index (χ2n) is 7.83. The number of likely N-dealkylation sites (tertiary alicyclic amines) is 1. The number of fused-ring (bicyclic) bond motifs is 2. The van der Waals surface area contributed by atoms with Crippen molar-refractivity contribution in [1.82, 2.24) is 9.88 Å². The molecule has 1 aromatic carbocycles. The summed E-state index contributed by atoms with van der Waals surface area (Å²) in [6, 6.07) is 8.50. The molecule has 0 saturated carbocycles. The molecule has 1 fully saturated rings. The first-order valence-electron chi connectivity index (χ1n) is 9.90. The van der Waals surface area contributed by atoms with Crippen LogP contribution in [0.1, 0.15) is 48.2 Å². The van der Waals surface area contributed by atoms with Crippen LogP contribution < -0.4 is 0 Å². The first-order chi connectivity index (χ1) is 14.0. The first-order valence-corrected chi connectivity index (χ1v) is 10.7. The number of benzene rings is 1. The summed E-state index contributed by atoms with van der Waals surface area (Å²) in [4.78, 5) is 24.1. The van der Waals surface area contributed by atoms with Crippen LogP contribution in [-0.4, -0.2) is 34.0 Å². The minimum atomic E-state index is -0.196. The Balaban J connectivity index is 1.33. The average molecular weight is 410 g/mol. The van der Waals surface area contributed by atoms with Gasteiger partial charge in [0.2, 0.25) is 0 Å². The van der Waals surface area contributed by atoms with Crippen molar-refractivity contribution >= 4 is 28.4 Å². The molecule has 3 aliphatic rings. The second-order valence-corrected chi connectivity index (χ2v) is 8.81. The zero-order valence-electron chi connectivity index (χ0n) is 16.8. The van der Waals surface area contributed by atoms with E-state index in [9.17, 15) is 4.79 Å². The molecule has 1 amide bonds. The molecule has 0 bridgehead atoms. The number of oxazole rings is 1. The molecule has 0 radical (unpaired) electrons. The Bertz CT molecular complexity index is 1060. The molecule has 4 heterocycles. The van der Waals surface area contributed by atoms with Gasteiger partial charge in [-0.15, -0.1) is 0 Å². The van der Waals surface area contributed by atoms with Gasteiger partial charge in [-0.3, -0.25) is 4.79 Å². The number of piperidine rings is 1. The van der Waals surface area contributed by atoms with E-state index in [0.29, 0.717) is 23.2 Å². The zero-order valence-corrected chi connectivity index (χ0v) is 17.6. The summed E-state index contributed by atoms with van der Waals surface area (Å²) in [5.74, 6) is 1.08. The lowest BCUT2D eigenvalue weighted by molar-refractivity contribution is -0.113. The lowest BCUT2D eigenvalue weighted by Gasteiger charge is -2.39. The number of amidine groups is 1. The molecule has 0 N–H and O–H groups in total. The minimum Gasteiger partial charge on any atom is -0.441 e. The third kappa shape index (κ3) is 3.04. The number of hydrogen-bond acceptors (Lipinski definition) is 6. The van der Waals surface area contributed by atoms with E-state index in [1.165, 1.54) is 22.9 Å². The highest BCUT2D eigenvalue weighted by molar-refractivity contribution is 8.18. The fraction of sp³-hybridized carbons (Fsp3) is 0.409. The van der Waals surface area contributed by atoms with Crippen LogP contribution in [-0.2, 0) is 21.7 Å². The second kappa shape index (κ2) is 6.85. The Labute approximate surface area is 174 Å². The smallest absolute Gasteiger partial charge is 0.286 e. The molecular formula is C22H23N3O3S. The highest BCUT2D eigenvalue weighted by atomic mass is 32.2. The maximum atomic E-state index is 12.6. The van der Waals surface area contributed by atoms with E-state index in [2.05, 4.69) is 39.1 Å². The van der Waals surface area contributed by atoms with Crippen LogP contribution in [0.2, 0.25) is 0 Å². The van der Waals surface area contributed by atoms with Gasteiger partial charge in [0.15, 0.2) is 16.8 Å². The van der Waals surface area contributed by atoms with Crippen LogP contribution in [0.15, 0.2) is 38.6 Å². The van der Waals surface area contributed by atoms with Crippen molar-refractivity contribution in [2.75, 3.05) is 13.1 Å². The lowest BCUT2D eigenvalue weighted by atomic mass is 9.84. The number of hydrogen-bond donors (Lipinski definition) is 0. The molecule has 1 spiro atoms. The Kier molecular flexibility index (Phi) is 4.40. The third-order valence-electron chi connectivity index (χ3n) is 6.02. The van der Waals surface area contributed by atoms with Gasteiger partial charge < -0.3 is 14.1 Å². The Morgan fingerprint density at radius 3 is 2.69 bits per heavy atom. The predicted molar refractivity (Wildman–Crippen MR) is 112 cm³/mol. The monoisotopic (exact) mass is 409 g/mol. The van der Waals surface area contributed by atoms with Gasteiger partial charge in [0, 0.05) is 25.6 Å². The van der Waals surface area contributed by atoms with E-state index in [0.717, 1.165) is 42.4 Å². The summed E-state index contributed by atoms with van der Waals surface area (Å²) >= 11 is 1.44. The fourth-order valence-electron chi connectivity index (χ4n) is 4.51. The summed E-state index contributed by atoms with van der Waals surface area (Å²) in [5.41, 5.74) is 4.03. The van der Waals surface area contributed by atoms with Gasteiger partial charge in [-0.05, 0) is 49.6 Å². The molecule has 0 unspecified atom stereocenters. The Morgan fingerprint density at radius 2 is 1.97 bits per heavy atom. The number of nitrogens with zero attached hydrogens (tertiary/aromatic N) is 3. The molecule has 1 saturated heterocycles. The van der Waals surface area contributed by atoms with Gasteiger partial charge in [0.05, 0.1) is 22.8 Å². The van der Waals surface area contributed by atoms with Crippen molar-refractivity contribution in [2.24, 2.45) is 4.99 Å². The standard InChI is InChI=1S/C22H23N3O3S/c1-13(18-14(2)23-15(3)28-18)19-20(26)24-21(29-19)25-10-8-22(9-11-25)17-7-5-4-6-16(17)12-27-22/h4-7H,8-12H2,1-3H3/b19-13-. The molecule has 2 aromatic rings. The van der Waals surface area contributed by atoms with Crippen molar-refractivity contribution in [1.29, 1.82) is 0 Å². The number of aryl methyl sites for hydroxylation is 2. The van der Waals surface area contributed by atoms with Crippen molar-refractivity contribution in [3.8, 4) is 0 Å². The van der Waals surface area contributed by atoms with Gasteiger partial charge >= 0.3 is 0 Å². The number of allylic oxidation sites excluding steroid dienone is 1. The third-order valence-corrected chi connectivity index (χ3v) is 7.24. The van der Waals surface area contributed by atoms with E-state index in [1.807, 2.05) is 20.8 Å². The van der Waals surface area contributed by atoms with Gasteiger partial charge in [0.25, 0.3) is 5.91 Å². The average Bonchev–Trinajstić information content (AvgIpc) is 3.38. The summed E-state index contributed by atoms with van der Waals surface area (Å²) in [7, 11) is 0. The number of thioether (sulfide) groups is 1. The van der Waals surface area contributed by atoms with Crippen LogP contribution in [0.5, 0.6) is 0 Å². The Hall–Kier alpha value is -2.38. The van der Waals surface area contributed by atoms with Crippen molar-refractivity contribution in [2.45, 2.75) is 45.8 Å². The molecule has 7 heteroatoms. The van der Waals surface area contributed by atoms with Gasteiger partial charge in [0.1, 0.15) is 0 Å². The molecule has 29 heavy (non-hydrogen) atoms. The molecule has 1 aromatic heterocycles. The largest absolute Gasteiger partial charge is 0.441 e. The fourth-order valence-corrected chi connectivity index (χ4v) is 5.51. The maximum Gasteiger partial charge on any atom is 0.286 e. The molecular weight excluding hydrogens is 386 g/mol. The Morgan fingerprint density at radius 1 is 1.21 bits per heavy atom. The van der Waals surface area contributed by atoms with Gasteiger partial charge in [-0.2, -0.15) is 4.99 Å². The number of aliphatic imine (C=N–C) groups is 1. The number of amides is 1.